The molecule has 0 saturated heterocycles. The van der Waals surface area contributed by atoms with E-state index in [1.165, 1.54) is 6.20 Å². The molecule has 1 amide bonds. The van der Waals surface area contributed by atoms with Crippen molar-refractivity contribution in [1.29, 1.82) is 0 Å². The van der Waals surface area contributed by atoms with Crippen molar-refractivity contribution in [2.75, 3.05) is 5.32 Å². The number of carbonyl (C=O) groups excluding carboxylic acids is 2. The molecule has 0 unspecified atom stereocenters. The minimum atomic E-state index is -0.313. The minimum Gasteiger partial charge on any atom is -0.322 e. The lowest BCUT2D eigenvalue weighted by molar-refractivity contribution is 0.0989. The van der Waals surface area contributed by atoms with E-state index in [4.69, 9.17) is 0 Å². The molecule has 0 aliphatic heterocycles. The Morgan fingerprint density at radius 3 is 2.44 bits per heavy atom. The first-order valence-electron chi connectivity index (χ1n) is 10.1. The summed E-state index contributed by atoms with van der Waals surface area (Å²) < 4.78 is 4.85. The van der Waals surface area contributed by atoms with Gasteiger partial charge in [-0.15, -0.1) is 0 Å². The Hall–Kier alpha value is -4.20. The van der Waals surface area contributed by atoms with Gasteiger partial charge < -0.3 is 5.32 Å². The van der Waals surface area contributed by atoms with Crippen LogP contribution in [0, 0.1) is 6.92 Å². The molecule has 2 heterocycles. The molecule has 8 nitrogen and oxygen atoms in total. The van der Waals surface area contributed by atoms with Gasteiger partial charge in [0.15, 0.2) is 5.78 Å². The van der Waals surface area contributed by atoms with E-state index in [-0.39, 0.29) is 23.7 Å². The molecule has 0 atom stereocenters. The van der Waals surface area contributed by atoms with Gasteiger partial charge in [-0.05, 0) is 31.2 Å². The highest BCUT2D eigenvalue weighted by molar-refractivity contribution is 6.05. The zero-order valence-electron chi connectivity index (χ0n) is 18.1. The summed E-state index contributed by atoms with van der Waals surface area (Å²) in [5.41, 5.74) is 3.04. The molecule has 4 aromatic rings. The summed E-state index contributed by atoms with van der Waals surface area (Å²) in [5, 5.41) is 6.76. The van der Waals surface area contributed by atoms with Crippen LogP contribution >= 0.6 is 0 Å². The summed E-state index contributed by atoms with van der Waals surface area (Å²) in [7, 11) is 3.53. The summed E-state index contributed by atoms with van der Waals surface area (Å²) >= 11 is 0. The van der Waals surface area contributed by atoms with Crippen molar-refractivity contribution in [3.63, 3.8) is 0 Å². The van der Waals surface area contributed by atoms with E-state index >= 15 is 0 Å². The Kier molecular flexibility index (Phi) is 5.59. The first-order valence-corrected chi connectivity index (χ1v) is 10.1. The molecule has 162 valence electrons. The predicted octanol–water partition coefficient (Wildman–Crippen LogP) is 2.90. The summed E-state index contributed by atoms with van der Waals surface area (Å²) in [5.74, 6) is -0.513. The van der Waals surface area contributed by atoms with Gasteiger partial charge >= 0.3 is 0 Å². The monoisotopic (exact) mass is 429 g/mol. The van der Waals surface area contributed by atoms with Crippen molar-refractivity contribution in [2.24, 2.45) is 14.1 Å². The van der Waals surface area contributed by atoms with Crippen molar-refractivity contribution in [2.45, 2.75) is 13.3 Å². The topological polar surface area (TPSA) is 90.9 Å². The van der Waals surface area contributed by atoms with Gasteiger partial charge in [0, 0.05) is 49.2 Å². The van der Waals surface area contributed by atoms with Gasteiger partial charge in [0.2, 0.25) is 0 Å². The average Bonchev–Trinajstić information content (AvgIpc) is 3.31. The number of hydrogen-bond acceptors (Lipinski definition) is 4. The zero-order chi connectivity index (χ0) is 22.8. The number of nitrogens with one attached hydrogen (secondary N) is 1. The zero-order valence-corrected chi connectivity index (χ0v) is 18.1. The molecular weight excluding hydrogens is 406 g/mol. The van der Waals surface area contributed by atoms with Crippen LogP contribution in [-0.4, -0.2) is 30.8 Å². The fourth-order valence-electron chi connectivity index (χ4n) is 3.60. The summed E-state index contributed by atoms with van der Waals surface area (Å²) in [4.78, 5) is 38.4. The number of nitrogens with zero attached hydrogens (tertiary/aromatic N) is 4. The fraction of sp³-hybridized carbons (Fsp3) is 0.167. The van der Waals surface area contributed by atoms with Crippen molar-refractivity contribution in [3.05, 3.63) is 99.7 Å². The first-order chi connectivity index (χ1) is 15.3. The predicted molar refractivity (Wildman–Crippen MR) is 121 cm³/mol. The Morgan fingerprint density at radius 1 is 1.00 bits per heavy atom. The van der Waals surface area contributed by atoms with Crippen molar-refractivity contribution < 1.29 is 9.59 Å². The van der Waals surface area contributed by atoms with Crippen LogP contribution in [0.1, 0.15) is 32.0 Å². The lowest BCUT2D eigenvalue weighted by atomic mass is 10.0. The first kappa shape index (κ1) is 21.0. The van der Waals surface area contributed by atoms with Gasteiger partial charge in [-0.2, -0.15) is 5.10 Å². The molecule has 2 aromatic heterocycles. The molecule has 32 heavy (non-hydrogen) atoms. The third kappa shape index (κ3) is 4.02. The number of rotatable bonds is 6. The molecule has 0 saturated carbocycles. The second kappa shape index (κ2) is 8.50. The summed E-state index contributed by atoms with van der Waals surface area (Å²) in [6.07, 6.45) is 3.05. The van der Waals surface area contributed by atoms with E-state index in [9.17, 15) is 14.4 Å². The van der Waals surface area contributed by atoms with Crippen LogP contribution in [0.5, 0.6) is 0 Å². The molecular formula is C24H23N5O3. The van der Waals surface area contributed by atoms with Gasteiger partial charge in [-0.25, -0.2) is 4.68 Å². The third-order valence-corrected chi connectivity index (χ3v) is 5.42. The Labute approximate surface area is 184 Å². The van der Waals surface area contributed by atoms with E-state index in [2.05, 4.69) is 10.4 Å². The van der Waals surface area contributed by atoms with Crippen LogP contribution in [0.4, 0.5) is 5.69 Å². The number of amides is 1. The highest BCUT2D eigenvalue weighted by atomic mass is 16.2. The molecule has 4 rings (SSSR count). The van der Waals surface area contributed by atoms with Crippen LogP contribution in [0.3, 0.4) is 0 Å². The number of aromatic nitrogens is 4. The van der Waals surface area contributed by atoms with Crippen LogP contribution < -0.4 is 10.9 Å². The van der Waals surface area contributed by atoms with Gasteiger partial charge in [0.25, 0.3) is 11.5 Å². The summed E-state index contributed by atoms with van der Waals surface area (Å²) in [6, 6.07) is 16.0. The third-order valence-electron chi connectivity index (χ3n) is 5.42. The van der Waals surface area contributed by atoms with Crippen molar-refractivity contribution in [3.8, 4) is 5.69 Å². The van der Waals surface area contributed by atoms with E-state index in [1.54, 1.807) is 58.6 Å². The standard InChI is InChI=1S/C24H23N5O3/c1-16-21(24(32)29(28(16)3)20-10-5-4-6-11-20)13-22(30)17-8-7-9-19(12-17)26-23(31)18-14-25-27(2)15-18/h4-12,14-15H,13H2,1-3H3,(H,26,31). The normalized spacial score (nSPS) is 10.8. The minimum absolute atomic E-state index is 0.0294. The Bertz CT molecular complexity index is 1360. The maximum Gasteiger partial charge on any atom is 0.275 e. The van der Waals surface area contributed by atoms with Crippen LogP contribution in [-0.2, 0) is 20.5 Å². The molecule has 0 aliphatic rings. The van der Waals surface area contributed by atoms with Crippen molar-refractivity contribution in [1.82, 2.24) is 19.1 Å². The molecule has 0 spiro atoms. The van der Waals surface area contributed by atoms with Crippen molar-refractivity contribution >= 4 is 17.4 Å². The van der Waals surface area contributed by atoms with E-state index in [1.807, 2.05) is 37.3 Å². The lowest BCUT2D eigenvalue weighted by Crippen LogP contribution is -2.22. The quantitative estimate of drug-likeness (QED) is 0.477. The van der Waals surface area contributed by atoms with Gasteiger partial charge in [-0.3, -0.25) is 23.7 Å². The van der Waals surface area contributed by atoms with Crippen LogP contribution in [0.25, 0.3) is 5.69 Å². The number of hydrogen-bond donors (Lipinski definition) is 1. The SMILES string of the molecule is Cc1c(CC(=O)c2cccc(NC(=O)c3cnn(C)c3)c2)c(=O)n(-c2ccccc2)n1C. The fourth-order valence-corrected chi connectivity index (χ4v) is 3.60. The average molecular weight is 429 g/mol. The molecule has 0 fully saturated rings. The highest BCUT2D eigenvalue weighted by Gasteiger charge is 2.20. The number of Topliss-reactive ketones (excluding diaryl/α,β-unsaturated/α-hetero) is 1. The van der Waals surface area contributed by atoms with E-state index in [0.717, 1.165) is 11.4 Å². The van der Waals surface area contributed by atoms with E-state index in [0.29, 0.717) is 22.4 Å². The van der Waals surface area contributed by atoms with Gasteiger partial charge in [-0.1, -0.05) is 30.3 Å². The number of carbonyl (C=O) groups is 2. The van der Waals surface area contributed by atoms with Crippen LogP contribution in [0.2, 0.25) is 0 Å². The van der Waals surface area contributed by atoms with Gasteiger partial charge in [0.1, 0.15) is 0 Å². The highest BCUT2D eigenvalue weighted by Crippen LogP contribution is 2.16. The second-order valence-corrected chi connectivity index (χ2v) is 7.58. The number of benzene rings is 2. The van der Waals surface area contributed by atoms with Gasteiger partial charge in [0.05, 0.1) is 17.4 Å². The number of para-hydroxylation sites is 1. The van der Waals surface area contributed by atoms with E-state index < -0.39 is 0 Å². The Morgan fingerprint density at radius 2 is 1.75 bits per heavy atom. The maximum atomic E-state index is 13.1. The largest absolute Gasteiger partial charge is 0.322 e. The second-order valence-electron chi connectivity index (χ2n) is 7.58. The van der Waals surface area contributed by atoms with Crippen LogP contribution in [0.15, 0.2) is 71.8 Å². The summed E-state index contributed by atoms with van der Waals surface area (Å²) in [6.45, 7) is 1.83. The molecule has 0 bridgehead atoms. The molecule has 8 heteroatoms. The number of ketones is 1. The maximum absolute atomic E-state index is 13.1. The number of anilines is 1. The molecule has 0 aliphatic carbocycles. The number of aryl methyl sites for hydroxylation is 1. The smallest absolute Gasteiger partial charge is 0.275 e. The Balaban J connectivity index is 1.57. The lowest BCUT2D eigenvalue weighted by Gasteiger charge is -2.07. The molecule has 2 aromatic carbocycles. The molecule has 0 radical (unpaired) electrons. The molecule has 1 N–H and O–H groups in total.